The van der Waals surface area contributed by atoms with E-state index in [0.29, 0.717) is 0 Å². The topological polar surface area (TPSA) is 18.8 Å². The van der Waals surface area contributed by atoms with E-state index in [1.54, 1.807) is 0 Å². The van der Waals surface area contributed by atoms with Gasteiger partial charge in [0.1, 0.15) is 0 Å². The van der Waals surface area contributed by atoms with Gasteiger partial charge in [-0.2, -0.15) is 0 Å². The Kier molecular flexibility index (Phi) is 2.99. The number of benzene rings is 1. The lowest BCUT2D eigenvalue weighted by atomic mass is 10.1. The van der Waals surface area contributed by atoms with Gasteiger partial charge in [0.15, 0.2) is 0 Å². The Labute approximate surface area is 103 Å². The van der Waals surface area contributed by atoms with Crippen molar-refractivity contribution in [3.8, 4) is 0 Å². The molecule has 3 nitrogen and oxygen atoms in total. The number of guanidine groups is 1. The van der Waals surface area contributed by atoms with Crippen LogP contribution in [0, 0.1) is 0 Å². The van der Waals surface area contributed by atoms with Crippen LogP contribution in [-0.2, 0) is 0 Å². The van der Waals surface area contributed by atoms with Crippen LogP contribution in [0.5, 0.6) is 0 Å². The van der Waals surface area contributed by atoms with E-state index in [1.165, 1.54) is 44.0 Å². The first-order valence-electron chi connectivity index (χ1n) is 6.57. The fraction of sp³-hybridized carbons (Fsp3) is 0.500. The first kappa shape index (κ1) is 10.6. The highest BCUT2D eigenvalue weighted by Crippen LogP contribution is 2.20. The van der Waals surface area contributed by atoms with Crippen molar-refractivity contribution in [2.45, 2.75) is 19.3 Å². The van der Waals surface area contributed by atoms with Gasteiger partial charge < -0.3 is 9.80 Å². The Balaban J connectivity index is 1.79. The van der Waals surface area contributed by atoms with Crippen molar-refractivity contribution in [2.24, 2.45) is 4.99 Å². The van der Waals surface area contributed by atoms with E-state index in [0.717, 1.165) is 13.1 Å². The second-order valence-electron chi connectivity index (χ2n) is 4.72. The molecular weight excluding hydrogens is 210 g/mol. The second kappa shape index (κ2) is 4.78. The Hall–Kier alpha value is -1.51. The Morgan fingerprint density at radius 2 is 1.65 bits per heavy atom. The number of piperidine rings is 1. The monoisotopic (exact) mass is 229 g/mol. The third kappa shape index (κ3) is 2.14. The summed E-state index contributed by atoms with van der Waals surface area (Å²) in [6, 6.07) is 10.6. The summed E-state index contributed by atoms with van der Waals surface area (Å²) in [6.07, 6.45) is 3.98. The molecule has 2 aliphatic heterocycles. The van der Waals surface area contributed by atoms with Crippen molar-refractivity contribution in [3.05, 3.63) is 30.3 Å². The van der Waals surface area contributed by atoms with E-state index in [-0.39, 0.29) is 0 Å². The number of nitrogens with zero attached hydrogens (tertiary/aromatic N) is 3. The molecule has 2 heterocycles. The van der Waals surface area contributed by atoms with E-state index in [4.69, 9.17) is 0 Å². The molecule has 0 aromatic heterocycles. The maximum absolute atomic E-state index is 4.69. The summed E-state index contributed by atoms with van der Waals surface area (Å²) in [4.78, 5) is 9.49. The fourth-order valence-electron chi connectivity index (χ4n) is 2.65. The van der Waals surface area contributed by atoms with E-state index in [9.17, 15) is 0 Å². The van der Waals surface area contributed by atoms with Crippen molar-refractivity contribution < 1.29 is 0 Å². The fourth-order valence-corrected chi connectivity index (χ4v) is 2.65. The third-order valence-electron chi connectivity index (χ3n) is 3.53. The Morgan fingerprint density at radius 3 is 2.41 bits per heavy atom. The number of aliphatic imine (C=N–C) groups is 1. The number of rotatable bonds is 1. The summed E-state index contributed by atoms with van der Waals surface area (Å²) in [5.41, 5.74) is 1.27. The van der Waals surface area contributed by atoms with Crippen molar-refractivity contribution in [3.63, 3.8) is 0 Å². The summed E-state index contributed by atoms with van der Waals surface area (Å²) >= 11 is 0. The molecule has 0 atom stereocenters. The van der Waals surface area contributed by atoms with Crippen LogP contribution < -0.4 is 4.90 Å². The summed E-state index contributed by atoms with van der Waals surface area (Å²) in [6.45, 7) is 4.29. The number of likely N-dealkylation sites (tertiary alicyclic amines) is 1. The minimum Gasteiger partial charge on any atom is -0.343 e. The Bertz CT molecular complexity index is 393. The lowest BCUT2D eigenvalue weighted by molar-refractivity contribution is 0.339. The van der Waals surface area contributed by atoms with E-state index in [1.807, 2.05) is 0 Å². The van der Waals surface area contributed by atoms with Crippen molar-refractivity contribution in [2.75, 3.05) is 31.1 Å². The molecule has 0 bridgehead atoms. The SMILES string of the molecule is c1ccc(N2CCN=C2N2CCCCC2)cc1. The molecule has 1 aromatic carbocycles. The molecule has 90 valence electrons. The Morgan fingerprint density at radius 1 is 0.882 bits per heavy atom. The second-order valence-corrected chi connectivity index (χ2v) is 4.72. The van der Waals surface area contributed by atoms with Crippen LogP contribution in [-0.4, -0.2) is 37.0 Å². The molecule has 1 saturated heterocycles. The molecule has 3 rings (SSSR count). The minimum atomic E-state index is 0.931. The molecule has 0 unspecified atom stereocenters. The first-order chi connectivity index (χ1) is 8.45. The van der Waals surface area contributed by atoms with Gasteiger partial charge in [0, 0.05) is 25.3 Å². The number of para-hydroxylation sites is 1. The van der Waals surface area contributed by atoms with E-state index >= 15 is 0 Å². The van der Waals surface area contributed by atoms with Crippen LogP contribution in [0.3, 0.4) is 0 Å². The summed E-state index contributed by atoms with van der Waals surface area (Å²) in [5.74, 6) is 1.19. The zero-order valence-corrected chi connectivity index (χ0v) is 10.2. The lowest BCUT2D eigenvalue weighted by Gasteiger charge is -2.33. The highest BCUT2D eigenvalue weighted by Gasteiger charge is 2.24. The smallest absolute Gasteiger partial charge is 0.201 e. The van der Waals surface area contributed by atoms with Crippen LogP contribution in [0.2, 0.25) is 0 Å². The largest absolute Gasteiger partial charge is 0.343 e. The predicted molar refractivity (Wildman–Crippen MR) is 71.5 cm³/mol. The highest BCUT2D eigenvalue weighted by molar-refractivity contribution is 5.97. The van der Waals surface area contributed by atoms with Crippen molar-refractivity contribution in [1.29, 1.82) is 0 Å². The van der Waals surface area contributed by atoms with Gasteiger partial charge in [-0.05, 0) is 31.4 Å². The van der Waals surface area contributed by atoms with E-state index in [2.05, 4.69) is 45.1 Å². The normalized spacial score (nSPS) is 20.6. The number of hydrogen-bond acceptors (Lipinski definition) is 3. The van der Waals surface area contributed by atoms with Crippen LogP contribution in [0.15, 0.2) is 35.3 Å². The lowest BCUT2D eigenvalue weighted by Crippen LogP contribution is -2.44. The molecule has 3 heteroatoms. The van der Waals surface area contributed by atoms with Gasteiger partial charge in [0.2, 0.25) is 5.96 Å². The average Bonchev–Trinajstić information content (AvgIpc) is 2.90. The highest BCUT2D eigenvalue weighted by atomic mass is 15.4. The van der Waals surface area contributed by atoms with Crippen LogP contribution >= 0.6 is 0 Å². The van der Waals surface area contributed by atoms with Gasteiger partial charge >= 0.3 is 0 Å². The van der Waals surface area contributed by atoms with Gasteiger partial charge in [0.05, 0.1) is 6.54 Å². The molecule has 1 fully saturated rings. The first-order valence-corrected chi connectivity index (χ1v) is 6.57. The standard InChI is InChI=1S/C14H19N3/c1-3-7-13(8-4-1)17-12-9-15-14(17)16-10-5-2-6-11-16/h1,3-4,7-8H,2,5-6,9-12H2. The molecule has 17 heavy (non-hydrogen) atoms. The van der Waals surface area contributed by atoms with Gasteiger partial charge in [-0.1, -0.05) is 18.2 Å². The maximum atomic E-state index is 4.69. The predicted octanol–water partition coefficient (Wildman–Crippen LogP) is 2.35. The molecule has 0 radical (unpaired) electrons. The van der Waals surface area contributed by atoms with Crippen LogP contribution in [0.1, 0.15) is 19.3 Å². The summed E-state index contributed by atoms with van der Waals surface area (Å²) in [5, 5.41) is 0. The van der Waals surface area contributed by atoms with Crippen molar-refractivity contribution in [1.82, 2.24) is 4.90 Å². The van der Waals surface area contributed by atoms with Gasteiger partial charge in [-0.3, -0.25) is 4.99 Å². The summed E-state index contributed by atoms with van der Waals surface area (Å²) < 4.78 is 0. The van der Waals surface area contributed by atoms with Gasteiger partial charge in [-0.15, -0.1) is 0 Å². The molecule has 0 N–H and O–H groups in total. The van der Waals surface area contributed by atoms with Crippen LogP contribution in [0.25, 0.3) is 0 Å². The summed E-state index contributed by atoms with van der Waals surface area (Å²) in [7, 11) is 0. The molecule has 1 aromatic rings. The number of hydrogen-bond donors (Lipinski definition) is 0. The number of anilines is 1. The van der Waals surface area contributed by atoms with Crippen LogP contribution in [0.4, 0.5) is 5.69 Å². The van der Waals surface area contributed by atoms with E-state index < -0.39 is 0 Å². The minimum absolute atomic E-state index is 0.931. The molecule has 0 aliphatic carbocycles. The third-order valence-corrected chi connectivity index (χ3v) is 3.53. The van der Waals surface area contributed by atoms with Crippen molar-refractivity contribution >= 4 is 11.6 Å². The molecule has 0 amide bonds. The molecule has 0 spiro atoms. The zero-order valence-electron chi connectivity index (χ0n) is 10.2. The molecular formula is C14H19N3. The molecule has 2 aliphatic rings. The van der Waals surface area contributed by atoms with Gasteiger partial charge in [0.25, 0.3) is 0 Å². The quantitative estimate of drug-likeness (QED) is 0.736. The zero-order chi connectivity index (χ0) is 11.5. The maximum Gasteiger partial charge on any atom is 0.201 e. The van der Waals surface area contributed by atoms with Gasteiger partial charge in [-0.25, -0.2) is 0 Å². The molecule has 0 saturated carbocycles. The average molecular weight is 229 g/mol.